The van der Waals surface area contributed by atoms with Gasteiger partial charge in [-0.3, -0.25) is 14.4 Å². The van der Waals surface area contributed by atoms with Crippen molar-refractivity contribution < 1.29 is 29.0 Å². The molecule has 0 unspecified atom stereocenters. The summed E-state index contributed by atoms with van der Waals surface area (Å²) in [6, 6.07) is 19.5. The van der Waals surface area contributed by atoms with Crippen molar-refractivity contribution in [1.29, 1.82) is 0 Å². The molecule has 3 aromatic rings. The van der Waals surface area contributed by atoms with Gasteiger partial charge in [-0.15, -0.1) is 0 Å². The molecule has 0 aliphatic rings. The lowest BCUT2D eigenvalue weighted by molar-refractivity contribution is -0.175. The molecule has 3 rings (SSSR count). The molecule has 0 aliphatic heterocycles. The predicted octanol–water partition coefficient (Wildman–Crippen LogP) is 3.49. The van der Waals surface area contributed by atoms with E-state index >= 15 is 0 Å². The fraction of sp³-hybridized carbons (Fsp3) is 0.192. The largest absolute Gasteiger partial charge is 0.374 e. The van der Waals surface area contributed by atoms with Crippen LogP contribution >= 0.6 is 0 Å². The maximum absolute atomic E-state index is 13.6. The number of amides is 1. The van der Waals surface area contributed by atoms with Crippen molar-refractivity contribution >= 4 is 23.2 Å². The molecule has 33 heavy (non-hydrogen) atoms. The van der Waals surface area contributed by atoms with Crippen LogP contribution in [0.5, 0.6) is 0 Å². The summed E-state index contributed by atoms with van der Waals surface area (Å²) in [5.41, 5.74) is -6.32. The fourth-order valence-electron chi connectivity index (χ4n) is 3.61. The molecule has 0 fully saturated rings. The van der Waals surface area contributed by atoms with Crippen molar-refractivity contribution in [2.24, 2.45) is 5.92 Å². The van der Waals surface area contributed by atoms with Gasteiger partial charge >= 0.3 is 0 Å². The van der Waals surface area contributed by atoms with E-state index in [1.54, 1.807) is 24.3 Å². The van der Waals surface area contributed by atoms with Gasteiger partial charge in [-0.25, -0.2) is 4.39 Å². The van der Waals surface area contributed by atoms with E-state index in [1.807, 2.05) is 0 Å². The molecule has 2 atom stereocenters. The highest BCUT2D eigenvalue weighted by molar-refractivity contribution is 6.21. The lowest BCUT2D eigenvalue weighted by atomic mass is 9.68. The number of nitrogens with one attached hydrogen (secondary N) is 1. The Bertz CT molecular complexity index is 1150. The van der Waals surface area contributed by atoms with Crippen LogP contribution in [0.2, 0.25) is 0 Å². The van der Waals surface area contributed by atoms with Crippen LogP contribution in [0.3, 0.4) is 0 Å². The first-order valence-electron chi connectivity index (χ1n) is 10.3. The standard InChI is InChI=1S/C26H24FNO5/c1-17(2)22(29)26(33,24(31)28-21-11-7-4-8-12-21)25(32,19-9-5-3-6-10-19)23(30)18-13-15-20(27)16-14-18/h3-17,32-33H,1-2H3,(H,28,31)/t25-,26-/m1/s1. The Balaban J connectivity index is 2.26. The Kier molecular flexibility index (Phi) is 6.86. The minimum Gasteiger partial charge on any atom is -0.374 e. The summed E-state index contributed by atoms with van der Waals surface area (Å²) < 4.78 is 13.5. The zero-order valence-corrected chi connectivity index (χ0v) is 18.2. The van der Waals surface area contributed by atoms with Crippen molar-refractivity contribution in [3.8, 4) is 0 Å². The van der Waals surface area contributed by atoms with Gasteiger partial charge in [-0.2, -0.15) is 0 Å². The molecule has 0 heterocycles. The number of hydrogen-bond acceptors (Lipinski definition) is 5. The number of hydrogen-bond donors (Lipinski definition) is 3. The van der Waals surface area contributed by atoms with Crippen LogP contribution < -0.4 is 5.32 Å². The van der Waals surface area contributed by atoms with Crippen molar-refractivity contribution in [2.75, 3.05) is 5.32 Å². The lowest BCUT2D eigenvalue weighted by Gasteiger charge is -2.41. The third kappa shape index (κ3) is 4.33. The van der Waals surface area contributed by atoms with E-state index < -0.39 is 40.4 Å². The average Bonchev–Trinajstić information content (AvgIpc) is 2.83. The Labute approximate surface area is 190 Å². The third-order valence-electron chi connectivity index (χ3n) is 5.39. The van der Waals surface area contributed by atoms with E-state index in [-0.39, 0.29) is 16.8 Å². The Hall–Kier alpha value is -3.68. The van der Waals surface area contributed by atoms with Crippen molar-refractivity contribution in [1.82, 2.24) is 0 Å². The normalized spacial score (nSPS) is 14.7. The number of anilines is 1. The molecular formula is C26H24FNO5. The van der Waals surface area contributed by atoms with Gasteiger partial charge in [0.1, 0.15) is 5.82 Å². The van der Waals surface area contributed by atoms with E-state index in [4.69, 9.17) is 0 Å². The maximum Gasteiger partial charge on any atom is 0.268 e. The second-order valence-corrected chi connectivity index (χ2v) is 7.96. The Morgan fingerprint density at radius 2 is 1.33 bits per heavy atom. The maximum atomic E-state index is 13.6. The highest BCUT2D eigenvalue weighted by Crippen LogP contribution is 2.40. The van der Waals surface area contributed by atoms with E-state index in [9.17, 15) is 29.0 Å². The predicted molar refractivity (Wildman–Crippen MR) is 121 cm³/mol. The molecule has 0 aliphatic carbocycles. The van der Waals surface area contributed by atoms with Crippen LogP contribution in [0.4, 0.5) is 10.1 Å². The number of ketones is 2. The molecule has 0 radical (unpaired) electrons. The summed E-state index contributed by atoms with van der Waals surface area (Å²) in [6.07, 6.45) is 0. The third-order valence-corrected chi connectivity index (χ3v) is 5.39. The molecule has 0 bridgehead atoms. The van der Waals surface area contributed by atoms with Gasteiger partial charge in [-0.1, -0.05) is 62.4 Å². The van der Waals surface area contributed by atoms with Crippen LogP contribution in [0.15, 0.2) is 84.9 Å². The summed E-state index contributed by atoms with van der Waals surface area (Å²) in [5.74, 6) is -5.00. The number of carbonyl (C=O) groups is 3. The van der Waals surface area contributed by atoms with Crippen LogP contribution in [0.25, 0.3) is 0 Å². The average molecular weight is 449 g/mol. The summed E-state index contributed by atoms with van der Waals surface area (Å²) in [4.78, 5) is 40.4. The van der Waals surface area contributed by atoms with E-state index in [0.29, 0.717) is 0 Å². The van der Waals surface area contributed by atoms with Gasteiger partial charge in [0.2, 0.25) is 11.4 Å². The highest BCUT2D eigenvalue weighted by Gasteiger charge is 2.65. The number of Topliss-reactive ketones (excluding diaryl/α,β-unsaturated/α-hetero) is 2. The van der Waals surface area contributed by atoms with Crippen molar-refractivity contribution in [2.45, 2.75) is 25.0 Å². The minimum absolute atomic E-state index is 0.168. The molecule has 0 saturated carbocycles. The summed E-state index contributed by atoms with van der Waals surface area (Å²) in [6.45, 7) is 2.88. The number of halogens is 1. The zero-order chi connectivity index (χ0) is 24.2. The number of aliphatic hydroxyl groups is 2. The van der Waals surface area contributed by atoms with Crippen LogP contribution in [0.1, 0.15) is 29.8 Å². The molecule has 3 N–H and O–H groups in total. The van der Waals surface area contributed by atoms with Gasteiger partial charge in [0.15, 0.2) is 11.4 Å². The first-order valence-corrected chi connectivity index (χ1v) is 10.3. The van der Waals surface area contributed by atoms with Gasteiger partial charge in [-0.05, 0) is 42.0 Å². The molecule has 0 aromatic heterocycles. The van der Waals surface area contributed by atoms with E-state index in [2.05, 4.69) is 5.32 Å². The van der Waals surface area contributed by atoms with Gasteiger partial charge in [0.25, 0.3) is 5.91 Å². The van der Waals surface area contributed by atoms with Crippen LogP contribution in [0, 0.1) is 11.7 Å². The SMILES string of the molecule is CC(C)C(=O)[C@@](O)(C(=O)Nc1ccccc1)[C@](O)(C(=O)c1ccc(F)cc1)c1ccccc1. The van der Waals surface area contributed by atoms with Gasteiger partial charge < -0.3 is 15.5 Å². The van der Waals surface area contributed by atoms with Gasteiger partial charge in [0.05, 0.1) is 0 Å². The molecule has 6 nitrogen and oxygen atoms in total. The summed E-state index contributed by atoms with van der Waals surface area (Å²) in [5, 5.41) is 26.0. The fourth-order valence-corrected chi connectivity index (χ4v) is 3.61. The Morgan fingerprint density at radius 1 is 0.818 bits per heavy atom. The topological polar surface area (TPSA) is 104 Å². The lowest BCUT2D eigenvalue weighted by Crippen LogP contribution is -2.68. The summed E-state index contributed by atoms with van der Waals surface area (Å²) >= 11 is 0. The Morgan fingerprint density at radius 3 is 1.85 bits per heavy atom. The first kappa shape index (κ1) is 24.0. The molecular weight excluding hydrogens is 425 g/mol. The number of carbonyl (C=O) groups excluding carboxylic acids is 3. The van der Waals surface area contributed by atoms with E-state index in [1.165, 1.54) is 50.2 Å². The number of para-hydroxylation sites is 1. The quantitative estimate of drug-likeness (QED) is 0.361. The van der Waals surface area contributed by atoms with E-state index in [0.717, 1.165) is 24.3 Å². The van der Waals surface area contributed by atoms with Crippen LogP contribution in [-0.4, -0.2) is 33.3 Å². The van der Waals surface area contributed by atoms with Crippen molar-refractivity contribution in [3.63, 3.8) is 0 Å². The molecule has 3 aromatic carbocycles. The molecule has 170 valence electrons. The first-order chi connectivity index (χ1) is 15.6. The van der Waals surface area contributed by atoms with Gasteiger partial charge in [0, 0.05) is 17.2 Å². The zero-order valence-electron chi connectivity index (χ0n) is 18.2. The number of benzene rings is 3. The highest BCUT2D eigenvalue weighted by atomic mass is 19.1. The smallest absolute Gasteiger partial charge is 0.268 e. The second kappa shape index (κ2) is 9.44. The van der Waals surface area contributed by atoms with Crippen LogP contribution in [-0.2, 0) is 15.2 Å². The molecule has 7 heteroatoms. The summed E-state index contributed by atoms with van der Waals surface area (Å²) in [7, 11) is 0. The monoisotopic (exact) mass is 449 g/mol. The molecule has 1 amide bonds. The molecule has 0 saturated heterocycles. The minimum atomic E-state index is -3.20. The number of rotatable bonds is 8. The van der Waals surface area contributed by atoms with Crippen molar-refractivity contribution in [3.05, 3.63) is 102 Å². The molecule has 0 spiro atoms. The second-order valence-electron chi connectivity index (χ2n) is 7.96.